The zero-order valence-electron chi connectivity index (χ0n) is 13.3. The van der Waals surface area contributed by atoms with E-state index in [0.29, 0.717) is 31.2 Å². The van der Waals surface area contributed by atoms with Crippen molar-refractivity contribution in [1.29, 1.82) is 0 Å². The molecule has 1 aliphatic heterocycles. The Bertz CT molecular complexity index is 538. The number of rotatable bonds is 4. The van der Waals surface area contributed by atoms with Crippen LogP contribution in [0, 0.1) is 5.41 Å². The van der Waals surface area contributed by atoms with Crippen molar-refractivity contribution in [2.75, 3.05) is 13.7 Å². The smallest absolute Gasteiger partial charge is 0.357 e. The number of fused-ring (bicyclic) bond motifs is 1. The van der Waals surface area contributed by atoms with Crippen LogP contribution >= 0.6 is 0 Å². The van der Waals surface area contributed by atoms with Crippen LogP contribution in [0.5, 0.6) is 0 Å². The van der Waals surface area contributed by atoms with E-state index in [0.717, 1.165) is 11.3 Å². The van der Waals surface area contributed by atoms with Gasteiger partial charge in [0.2, 0.25) is 0 Å². The minimum atomic E-state index is -0.428. The van der Waals surface area contributed by atoms with Gasteiger partial charge in [0.15, 0.2) is 11.5 Å². The first kappa shape index (κ1) is 15.9. The normalized spacial score (nSPS) is 15.7. The second-order valence-electron chi connectivity index (χ2n) is 6.15. The second-order valence-corrected chi connectivity index (χ2v) is 6.15. The molecule has 1 aromatic rings. The standard InChI is InChI=1S/C15H23N3O3/c1-6-21-12(15(2,3)4)13-17-10-8-16-7-9(10)11(18-13)14(19)20-5/h12,16H,6-8H2,1-5H3. The van der Waals surface area contributed by atoms with E-state index in [1.807, 2.05) is 6.92 Å². The summed E-state index contributed by atoms with van der Waals surface area (Å²) in [5.41, 5.74) is 1.87. The van der Waals surface area contributed by atoms with Crippen molar-refractivity contribution in [3.05, 3.63) is 22.8 Å². The van der Waals surface area contributed by atoms with Crippen LogP contribution in [-0.4, -0.2) is 29.7 Å². The molecule has 0 saturated carbocycles. The fraction of sp³-hybridized carbons (Fsp3) is 0.667. The maximum absolute atomic E-state index is 12.0. The van der Waals surface area contributed by atoms with Gasteiger partial charge in [-0.2, -0.15) is 0 Å². The molecule has 0 aliphatic carbocycles. The number of aromatic nitrogens is 2. The molecule has 6 heteroatoms. The van der Waals surface area contributed by atoms with Gasteiger partial charge in [0.25, 0.3) is 0 Å². The predicted octanol–water partition coefficient (Wildman–Crippen LogP) is 1.99. The molecule has 0 bridgehead atoms. The van der Waals surface area contributed by atoms with Gasteiger partial charge in [0, 0.05) is 25.3 Å². The highest BCUT2D eigenvalue weighted by Crippen LogP contribution is 2.35. The van der Waals surface area contributed by atoms with E-state index in [-0.39, 0.29) is 11.5 Å². The van der Waals surface area contributed by atoms with Gasteiger partial charge in [-0.3, -0.25) is 0 Å². The minimum Gasteiger partial charge on any atom is -0.464 e. The monoisotopic (exact) mass is 293 g/mol. The Morgan fingerprint density at radius 2 is 2.05 bits per heavy atom. The van der Waals surface area contributed by atoms with E-state index in [9.17, 15) is 4.79 Å². The number of carbonyl (C=O) groups excluding carboxylic acids is 1. The predicted molar refractivity (Wildman–Crippen MR) is 77.7 cm³/mol. The van der Waals surface area contributed by atoms with Gasteiger partial charge in [-0.05, 0) is 12.3 Å². The van der Waals surface area contributed by atoms with Gasteiger partial charge in [-0.15, -0.1) is 0 Å². The van der Waals surface area contributed by atoms with Crippen molar-refractivity contribution < 1.29 is 14.3 Å². The molecular formula is C15H23N3O3. The number of hydrogen-bond donors (Lipinski definition) is 1. The van der Waals surface area contributed by atoms with Gasteiger partial charge in [-0.1, -0.05) is 20.8 Å². The third-order valence-electron chi connectivity index (χ3n) is 3.44. The molecule has 0 fully saturated rings. The van der Waals surface area contributed by atoms with Crippen molar-refractivity contribution in [2.45, 2.75) is 46.9 Å². The molecule has 0 saturated heterocycles. The maximum atomic E-state index is 12.0. The van der Waals surface area contributed by atoms with Crippen LogP contribution in [0.3, 0.4) is 0 Å². The Balaban J connectivity index is 2.51. The summed E-state index contributed by atoms with van der Waals surface area (Å²) in [6.45, 7) is 9.94. The zero-order valence-corrected chi connectivity index (χ0v) is 13.3. The molecule has 2 heterocycles. The third kappa shape index (κ3) is 3.22. The highest BCUT2D eigenvalue weighted by Gasteiger charge is 2.33. The van der Waals surface area contributed by atoms with Crippen LogP contribution in [0.25, 0.3) is 0 Å². The summed E-state index contributed by atoms with van der Waals surface area (Å²) in [6.07, 6.45) is -0.267. The average molecular weight is 293 g/mol. The zero-order chi connectivity index (χ0) is 15.6. The largest absolute Gasteiger partial charge is 0.464 e. The summed E-state index contributed by atoms with van der Waals surface area (Å²) in [5, 5.41) is 3.19. The quantitative estimate of drug-likeness (QED) is 0.856. The highest BCUT2D eigenvalue weighted by atomic mass is 16.5. The van der Waals surface area contributed by atoms with E-state index in [2.05, 4.69) is 36.1 Å². The first-order valence-electron chi connectivity index (χ1n) is 7.18. The molecular weight excluding hydrogens is 270 g/mol. The molecule has 0 radical (unpaired) electrons. The fourth-order valence-corrected chi connectivity index (χ4v) is 2.45. The number of nitrogens with one attached hydrogen (secondary N) is 1. The number of esters is 1. The van der Waals surface area contributed by atoms with Crippen LogP contribution in [0.1, 0.15) is 61.4 Å². The fourth-order valence-electron chi connectivity index (χ4n) is 2.45. The van der Waals surface area contributed by atoms with E-state index in [4.69, 9.17) is 9.47 Å². The number of hydrogen-bond acceptors (Lipinski definition) is 6. The molecule has 0 spiro atoms. The third-order valence-corrected chi connectivity index (χ3v) is 3.44. The van der Waals surface area contributed by atoms with Gasteiger partial charge >= 0.3 is 5.97 Å². The van der Waals surface area contributed by atoms with Gasteiger partial charge < -0.3 is 14.8 Å². The van der Waals surface area contributed by atoms with E-state index >= 15 is 0 Å². The van der Waals surface area contributed by atoms with Crippen LogP contribution in [0.2, 0.25) is 0 Å². The van der Waals surface area contributed by atoms with Crippen LogP contribution in [0.15, 0.2) is 0 Å². The Morgan fingerprint density at radius 3 is 2.62 bits per heavy atom. The average Bonchev–Trinajstić information content (AvgIpc) is 2.89. The number of nitrogens with zero attached hydrogens (tertiary/aromatic N) is 2. The van der Waals surface area contributed by atoms with Gasteiger partial charge in [0.05, 0.1) is 12.8 Å². The van der Waals surface area contributed by atoms with Crippen molar-refractivity contribution in [2.24, 2.45) is 5.41 Å². The Hall–Kier alpha value is -1.53. The van der Waals surface area contributed by atoms with Crippen LogP contribution in [-0.2, 0) is 22.6 Å². The molecule has 21 heavy (non-hydrogen) atoms. The van der Waals surface area contributed by atoms with E-state index in [1.165, 1.54) is 7.11 Å². The van der Waals surface area contributed by atoms with E-state index in [1.54, 1.807) is 0 Å². The Morgan fingerprint density at radius 1 is 1.33 bits per heavy atom. The topological polar surface area (TPSA) is 73.3 Å². The highest BCUT2D eigenvalue weighted by molar-refractivity contribution is 5.89. The molecule has 0 aromatic carbocycles. The molecule has 1 N–H and O–H groups in total. The number of ether oxygens (including phenoxy) is 2. The number of carbonyl (C=O) groups is 1. The molecule has 2 rings (SSSR count). The molecule has 1 atom stereocenters. The molecule has 1 aliphatic rings. The molecule has 0 amide bonds. The number of methoxy groups -OCH3 is 1. The minimum absolute atomic E-state index is 0.163. The Kier molecular flexibility index (Phi) is 4.58. The van der Waals surface area contributed by atoms with Crippen molar-refractivity contribution >= 4 is 5.97 Å². The summed E-state index contributed by atoms with van der Waals surface area (Å²) >= 11 is 0. The lowest BCUT2D eigenvalue weighted by Gasteiger charge is -2.29. The lowest BCUT2D eigenvalue weighted by molar-refractivity contribution is -0.0194. The summed E-state index contributed by atoms with van der Waals surface area (Å²) in [5.74, 6) is 0.120. The maximum Gasteiger partial charge on any atom is 0.357 e. The van der Waals surface area contributed by atoms with Crippen LogP contribution in [0.4, 0.5) is 0 Å². The first-order chi connectivity index (χ1) is 9.88. The summed E-state index contributed by atoms with van der Waals surface area (Å²) in [7, 11) is 1.36. The first-order valence-corrected chi connectivity index (χ1v) is 7.18. The molecule has 116 valence electrons. The lowest BCUT2D eigenvalue weighted by atomic mass is 9.88. The van der Waals surface area contributed by atoms with Gasteiger partial charge in [-0.25, -0.2) is 14.8 Å². The van der Waals surface area contributed by atoms with Gasteiger partial charge in [0.1, 0.15) is 6.10 Å². The molecule has 6 nitrogen and oxygen atoms in total. The Labute approximate surface area is 125 Å². The lowest BCUT2D eigenvalue weighted by Crippen LogP contribution is -2.25. The van der Waals surface area contributed by atoms with Crippen molar-refractivity contribution in [1.82, 2.24) is 15.3 Å². The van der Waals surface area contributed by atoms with Crippen LogP contribution < -0.4 is 5.32 Å². The van der Waals surface area contributed by atoms with Crippen molar-refractivity contribution in [3.63, 3.8) is 0 Å². The second kappa shape index (κ2) is 6.07. The van der Waals surface area contributed by atoms with E-state index < -0.39 is 5.97 Å². The molecule has 1 unspecified atom stereocenters. The SMILES string of the molecule is CCOC(c1nc2c(c(C(=O)OC)n1)CNC2)C(C)(C)C. The molecule has 1 aromatic heterocycles. The van der Waals surface area contributed by atoms with Crippen molar-refractivity contribution in [3.8, 4) is 0 Å². The summed E-state index contributed by atoms with van der Waals surface area (Å²) < 4.78 is 10.7. The summed E-state index contributed by atoms with van der Waals surface area (Å²) in [6, 6.07) is 0. The summed E-state index contributed by atoms with van der Waals surface area (Å²) in [4.78, 5) is 21.0.